The number of carbonyl (C=O) groups is 1. The lowest BCUT2D eigenvalue weighted by molar-refractivity contribution is -0.384. The van der Waals surface area contributed by atoms with Gasteiger partial charge in [-0.05, 0) is 12.8 Å². The Morgan fingerprint density at radius 2 is 2.24 bits per heavy atom. The maximum Gasteiger partial charge on any atom is 0.329 e. The maximum atomic E-state index is 12.1. The van der Waals surface area contributed by atoms with E-state index in [1.165, 1.54) is 4.90 Å². The number of nitrogen functional groups attached to an aromatic ring is 1. The number of nitrogens with two attached hydrogens (primary N) is 1. The Morgan fingerprint density at radius 3 is 2.81 bits per heavy atom. The Hall–Kier alpha value is -2.49. The molecule has 114 valence electrons. The summed E-state index contributed by atoms with van der Waals surface area (Å²) in [5.41, 5.74) is 1.96. The summed E-state index contributed by atoms with van der Waals surface area (Å²) < 4.78 is 0. The molecular formula is C11H17N7O3. The second kappa shape index (κ2) is 6.31. The Bertz CT molecular complexity index is 545. The molecule has 3 N–H and O–H groups in total. The molecule has 10 nitrogen and oxygen atoms in total. The van der Waals surface area contributed by atoms with Gasteiger partial charge in [-0.2, -0.15) is 4.98 Å². The summed E-state index contributed by atoms with van der Waals surface area (Å²) >= 11 is 0. The predicted octanol–water partition coefficient (Wildman–Crippen LogP) is -0.271. The summed E-state index contributed by atoms with van der Waals surface area (Å²) in [5.74, 6) is 5.23. The molecule has 1 saturated heterocycles. The van der Waals surface area contributed by atoms with Gasteiger partial charge in [0.25, 0.3) is 0 Å². The van der Waals surface area contributed by atoms with Gasteiger partial charge in [0.05, 0.1) is 11.5 Å². The zero-order valence-corrected chi connectivity index (χ0v) is 11.7. The molecule has 10 heteroatoms. The Balaban J connectivity index is 2.18. The van der Waals surface area contributed by atoms with Crippen LogP contribution in [0, 0.1) is 10.1 Å². The van der Waals surface area contributed by atoms with E-state index in [1.807, 2.05) is 0 Å². The lowest BCUT2D eigenvalue weighted by atomic mass is 10.4. The van der Waals surface area contributed by atoms with Crippen LogP contribution in [-0.4, -0.2) is 52.4 Å². The number of rotatable bonds is 5. The van der Waals surface area contributed by atoms with Gasteiger partial charge < -0.3 is 9.80 Å². The van der Waals surface area contributed by atoms with Crippen LogP contribution < -0.4 is 16.2 Å². The quantitative estimate of drug-likeness (QED) is 0.431. The number of hydrogen-bond acceptors (Lipinski definition) is 8. The number of likely N-dealkylation sites (tertiary alicyclic amines) is 1. The lowest BCUT2D eigenvalue weighted by Gasteiger charge is -2.21. The smallest absolute Gasteiger partial charge is 0.329 e. The normalized spacial score (nSPS) is 14.1. The molecule has 0 aromatic carbocycles. The first-order valence-corrected chi connectivity index (χ1v) is 6.50. The summed E-state index contributed by atoms with van der Waals surface area (Å²) in [4.78, 5) is 33.4. The zero-order valence-electron chi connectivity index (χ0n) is 11.7. The molecule has 0 aliphatic carbocycles. The summed E-state index contributed by atoms with van der Waals surface area (Å²) in [6, 6.07) is 0. The van der Waals surface area contributed by atoms with Gasteiger partial charge in [0.1, 0.15) is 6.20 Å². The van der Waals surface area contributed by atoms with Crippen LogP contribution in [0.1, 0.15) is 12.8 Å². The SMILES string of the molecule is CN(CC(=O)N1CCCC1)c1nc(NN)ncc1[N+](=O)[O-]. The molecule has 0 bridgehead atoms. The Morgan fingerprint density at radius 1 is 1.57 bits per heavy atom. The van der Waals surface area contributed by atoms with E-state index in [0.29, 0.717) is 0 Å². The highest BCUT2D eigenvalue weighted by atomic mass is 16.6. The van der Waals surface area contributed by atoms with Crippen LogP contribution in [0.25, 0.3) is 0 Å². The lowest BCUT2D eigenvalue weighted by Crippen LogP contribution is -2.37. The number of nitrogens with one attached hydrogen (secondary N) is 1. The fourth-order valence-electron chi connectivity index (χ4n) is 2.19. The molecule has 1 aliphatic heterocycles. The van der Waals surface area contributed by atoms with E-state index >= 15 is 0 Å². The molecule has 0 spiro atoms. The van der Waals surface area contributed by atoms with E-state index in [2.05, 4.69) is 15.4 Å². The summed E-state index contributed by atoms with van der Waals surface area (Å²) in [6.07, 6.45) is 3.04. The fraction of sp³-hybridized carbons (Fsp3) is 0.545. The van der Waals surface area contributed by atoms with Crippen molar-refractivity contribution in [2.45, 2.75) is 12.8 Å². The van der Waals surface area contributed by atoms with Crippen LogP contribution in [0.15, 0.2) is 6.20 Å². The van der Waals surface area contributed by atoms with E-state index in [1.54, 1.807) is 11.9 Å². The van der Waals surface area contributed by atoms with Crippen molar-refractivity contribution in [2.24, 2.45) is 5.84 Å². The fourth-order valence-corrected chi connectivity index (χ4v) is 2.19. The summed E-state index contributed by atoms with van der Waals surface area (Å²) in [7, 11) is 1.57. The van der Waals surface area contributed by atoms with Gasteiger partial charge in [-0.3, -0.25) is 20.3 Å². The average molecular weight is 295 g/mol. The molecule has 2 heterocycles. The molecule has 2 rings (SSSR count). The molecular weight excluding hydrogens is 278 g/mol. The highest BCUT2D eigenvalue weighted by Crippen LogP contribution is 2.25. The second-order valence-corrected chi connectivity index (χ2v) is 4.75. The monoisotopic (exact) mass is 295 g/mol. The number of hydrazine groups is 1. The van der Waals surface area contributed by atoms with Gasteiger partial charge in [0.15, 0.2) is 0 Å². The van der Waals surface area contributed by atoms with Crippen LogP contribution >= 0.6 is 0 Å². The minimum atomic E-state index is -0.591. The van der Waals surface area contributed by atoms with Crippen LogP contribution in [0.5, 0.6) is 0 Å². The van der Waals surface area contributed by atoms with E-state index in [0.717, 1.165) is 32.1 Å². The van der Waals surface area contributed by atoms with Gasteiger partial charge in [0.2, 0.25) is 17.7 Å². The van der Waals surface area contributed by atoms with Gasteiger partial charge in [-0.1, -0.05) is 0 Å². The van der Waals surface area contributed by atoms with E-state index in [4.69, 9.17) is 5.84 Å². The van der Waals surface area contributed by atoms with Crippen molar-refractivity contribution in [1.29, 1.82) is 0 Å². The molecule has 1 fully saturated rings. The first kappa shape index (κ1) is 14.9. The first-order valence-electron chi connectivity index (χ1n) is 6.50. The second-order valence-electron chi connectivity index (χ2n) is 4.75. The van der Waals surface area contributed by atoms with E-state index in [9.17, 15) is 14.9 Å². The number of aromatic nitrogens is 2. The van der Waals surface area contributed by atoms with Crippen LogP contribution in [0.2, 0.25) is 0 Å². The third kappa shape index (κ3) is 3.34. The number of carbonyl (C=O) groups excluding carboxylic acids is 1. The van der Waals surface area contributed by atoms with Gasteiger partial charge in [-0.15, -0.1) is 0 Å². The molecule has 1 aromatic heterocycles. The van der Waals surface area contributed by atoms with Crippen molar-refractivity contribution in [3.63, 3.8) is 0 Å². The standard InChI is InChI=1S/C11H17N7O3/c1-16(7-9(19)17-4-2-3-5-17)10-8(18(20)21)6-13-11(14-10)15-12/h6H,2-5,7,12H2,1H3,(H,13,14,15). The molecule has 1 aromatic rings. The number of amides is 1. The Kier molecular flexibility index (Phi) is 4.48. The summed E-state index contributed by atoms with van der Waals surface area (Å²) in [6.45, 7) is 1.48. The topological polar surface area (TPSA) is 131 Å². The highest BCUT2D eigenvalue weighted by Gasteiger charge is 2.25. The van der Waals surface area contributed by atoms with Crippen LogP contribution in [-0.2, 0) is 4.79 Å². The van der Waals surface area contributed by atoms with Crippen molar-refractivity contribution in [1.82, 2.24) is 14.9 Å². The third-order valence-electron chi connectivity index (χ3n) is 3.27. The van der Waals surface area contributed by atoms with Gasteiger partial charge in [0, 0.05) is 20.1 Å². The predicted molar refractivity (Wildman–Crippen MR) is 75.6 cm³/mol. The van der Waals surface area contributed by atoms with Crippen LogP contribution in [0.4, 0.5) is 17.5 Å². The molecule has 0 saturated carbocycles. The Labute approximate surface area is 121 Å². The van der Waals surface area contributed by atoms with Crippen molar-refractivity contribution in [3.05, 3.63) is 16.3 Å². The molecule has 0 unspecified atom stereocenters. The first-order chi connectivity index (χ1) is 10.0. The molecule has 0 radical (unpaired) electrons. The third-order valence-corrected chi connectivity index (χ3v) is 3.27. The van der Waals surface area contributed by atoms with Crippen molar-refractivity contribution in [3.8, 4) is 0 Å². The van der Waals surface area contributed by atoms with Crippen molar-refractivity contribution < 1.29 is 9.72 Å². The minimum Gasteiger partial charge on any atom is -0.344 e. The zero-order chi connectivity index (χ0) is 15.4. The van der Waals surface area contributed by atoms with Crippen LogP contribution in [0.3, 0.4) is 0 Å². The van der Waals surface area contributed by atoms with E-state index < -0.39 is 4.92 Å². The molecule has 21 heavy (non-hydrogen) atoms. The molecule has 1 aliphatic rings. The number of anilines is 2. The molecule has 0 atom stereocenters. The van der Waals surface area contributed by atoms with E-state index in [-0.39, 0.29) is 29.9 Å². The number of hydrogen-bond donors (Lipinski definition) is 2. The van der Waals surface area contributed by atoms with Gasteiger partial charge >= 0.3 is 5.69 Å². The van der Waals surface area contributed by atoms with Gasteiger partial charge in [-0.25, -0.2) is 10.8 Å². The summed E-state index contributed by atoms with van der Waals surface area (Å²) in [5, 5.41) is 11.0. The number of likely N-dealkylation sites (N-methyl/N-ethyl adjacent to an activating group) is 1. The van der Waals surface area contributed by atoms with Crippen molar-refractivity contribution >= 4 is 23.4 Å². The highest BCUT2D eigenvalue weighted by molar-refractivity contribution is 5.82. The maximum absolute atomic E-state index is 12.1. The minimum absolute atomic E-state index is 0.0157. The number of nitro groups is 1. The molecule has 1 amide bonds. The number of nitrogens with zero attached hydrogens (tertiary/aromatic N) is 5. The average Bonchev–Trinajstić information content (AvgIpc) is 3.00. The largest absolute Gasteiger partial charge is 0.344 e. The van der Waals surface area contributed by atoms with Crippen molar-refractivity contribution in [2.75, 3.05) is 37.0 Å².